The van der Waals surface area contributed by atoms with Gasteiger partial charge in [-0.3, -0.25) is 0 Å². The van der Waals surface area contributed by atoms with Gasteiger partial charge in [-0.25, -0.2) is 9.59 Å². The first-order valence-electron chi connectivity index (χ1n) is 3.04. The van der Waals surface area contributed by atoms with Gasteiger partial charge in [0.05, 0.1) is 0 Å². The summed E-state index contributed by atoms with van der Waals surface area (Å²) in [5, 5.41) is 1.02. The van der Waals surface area contributed by atoms with Crippen LogP contribution in [0.25, 0.3) is 0 Å². The topological polar surface area (TPSA) is 58.9 Å². The van der Waals surface area contributed by atoms with Gasteiger partial charge in [0, 0.05) is 0 Å². The van der Waals surface area contributed by atoms with E-state index in [-0.39, 0.29) is 0 Å². The van der Waals surface area contributed by atoms with Crippen LogP contribution in [0.1, 0.15) is 5.56 Å². The highest BCUT2D eigenvalue weighted by atomic mass is 32.1. The Morgan fingerprint density at radius 2 is 2.00 bits per heavy atom. The molecule has 1 aromatic heterocycles. The zero-order chi connectivity index (χ0) is 8.97. The van der Waals surface area contributed by atoms with E-state index >= 15 is 0 Å². The van der Waals surface area contributed by atoms with Crippen molar-refractivity contribution in [2.24, 2.45) is 9.98 Å². The average molecular weight is 180 g/mol. The molecule has 12 heavy (non-hydrogen) atoms. The number of nitrogens with zero attached hydrogens (tertiary/aromatic N) is 2. The van der Waals surface area contributed by atoms with E-state index in [1.165, 1.54) is 12.2 Å². The lowest BCUT2D eigenvalue weighted by Gasteiger charge is -1.79. The molecule has 0 bridgehead atoms. The van der Waals surface area contributed by atoms with Crippen LogP contribution in [-0.2, 0) is 9.59 Å². The minimum absolute atomic E-state index is 0.497. The molecule has 0 amide bonds. The van der Waals surface area contributed by atoms with Crippen LogP contribution in [0.5, 0.6) is 0 Å². The van der Waals surface area contributed by atoms with E-state index < -0.39 is 0 Å². The van der Waals surface area contributed by atoms with Gasteiger partial charge in [-0.1, -0.05) is 11.3 Å². The van der Waals surface area contributed by atoms with Crippen LogP contribution in [0.2, 0.25) is 0 Å². The Labute approximate surface area is 72.3 Å². The number of aliphatic imine (C=N–C) groups is 2. The van der Waals surface area contributed by atoms with Crippen LogP contribution in [0, 0.1) is 6.92 Å². The third kappa shape index (κ3) is 1.74. The lowest BCUT2D eigenvalue weighted by Crippen LogP contribution is -1.58. The number of aryl methyl sites for hydroxylation is 1. The largest absolute Gasteiger partial charge is 0.241 e. The Bertz CT molecular complexity index is 384. The van der Waals surface area contributed by atoms with Crippen molar-refractivity contribution >= 4 is 33.5 Å². The second-order valence-corrected chi connectivity index (χ2v) is 2.99. The molecule has 4 nitrogen and oxygen atoms in total. The van der Waals surface area contributed by atoms with Gasteiger partial charge in [-0.2, -0.15) is 9.98 Å². The van der Waals surface area contributed by atoms with E-state index in [0.717, 1.165) is 16.9 Å². The minimum atomic E-state index is 0.497. The molecular weight excluding hydrogens is 176 g/mol. The number of carbonyl (C=O) groups excluding carboxylic acids is 2. The molecule has 5 heteroatoms. The van der Waals surface area contributed by atoms with E-state index in [1.807, 2.05) is 0 Å². The molecule has 1 aromatic rings. The molecule has 0 radical (unpaired) electrons. The molecule has 0 fully saturated rings. The summed E-state index contributed by atoms with van der Waals surface area (Å²) in [6.07, 6.45) is 2.84. The van der Waals surface area contributed by atoms with E-state index in [1.54, 1.807) is 13.0 Å². The molecule has 0 atom stereocenters. The van der Waals surface area contributed by atoms with Crippen molar-refractivity contribution in [3.8, 4) is 0 Å². The van der Waals surface area contributed by atoms with Crippen LogP contribution in [-0.4, -0.2) is 12.2 Å². The van der Waals surface area contributed by atoms with E-state index in [9.17, 15) is 9.59 Å². The van der Waals surface area contributed by atoms with Crippen LogP contribution in [0.3, 0.4) is 0 Å². The summed E-state index contributed by atoms with van der Waals surface area (Å²) < 4.78 is 0. The lowest BCUT2D eigenvalue weighted by molar-refractivity contribution is 0.564. The molecule has 0 spiro atoms. The van der Waals surface area contributed by atoms with Crippen molar-refractivity contribution in [3.05, 3.63) is 11.6 Å². The van der Waals surface area contributed by atoms with E-state index in [4.69, 9.17) is 0 Å². The Hall–Kier alpha value is -1.54. The first kappa shape index (κ1) is 8.56. The molecule has 60 valence electrons. The fourth-order valence-electron chi connectivity index (χ4n) is 0.708. The van der Waals surface area contributed by atoms with Gasteiger partial charge < -0.3 is 0 Å². The SMILES string of the molecule is Cc1cc(N=C=O)sc1N=C=O. The molecule has 1 rings (SSSR count). The molecular formula is C7H4N2O2S. The van der Waals surface area contributed by atoms with Gasteiger partial charge in [0.25, 0.3) is 0 Å². The monoisotopic (exact) mass is 180 g/mol. The fraction of sp³-hybridized carbons (Fsp3) is 0.143. The number of hydrogen-bond acceptors (Lipinski definition) is 5. The van der Waals surface area contributed by atoms with Crippen LogP contribution in [0.4, 0.5) is 10.0 Å². The van der Waals surface area contributed by atoms with Gasteiger partial charge in [0.15, 0.2) is 0 Å². The molecule has 0 aromatic carbocycles. The maximum atomic E-state index is 9.90. The normalized spacial score (nSPS) is 8.42. The second-order valence-electron chi connectivity index (χ2n) is 1.98. The number of isocyanates is 2. The summed E-state index contributed by atoms with van der Waals surface area (Å²) in [5.74, 6) is 0. The highest BCUT2D eigenvalue weighted by molar-refractivity contribution is 7.19. The summed E-state index contributed by atoms with van der Waals surface area (Å²) >= 11 is 1.15. The maximum absolute atomic E-state index is 9.90. The Balaban J connectivity index is 3.16. The fourth-order valence-corrected chi connectivity index (χ4v) is 1.53. The highest BCUT2D eigenvalue weighted by Gasteiger charge is 2.02. The predicted molar refractivity (Wildman–Crippen MR) is 44.6 cm³/mol. The smallest absolute Gasteiger partial charge is 0.211 e. The molecule has 0 N–H and O–H groups in total. The van der Waals surface area contributed by atoms with Crippen molar-refractivity contribution in [3.63, 3.8) is 0 Å². The van der Waals surface area contributed by atoms with E-state index in [0.29, 0.717) is 10.0 Å². The Kier molecular flexibility index (Phi) is 2.66. The molecule has 0 aliphatic carbocycles. The van der Waals surface area contributed by atoms with Crippen LogP contribution >= 0.6 is 11.3 Å². The van der Waals surface area contributed by atoms with Crippen molar-refractivity contribution < 1.29 is 9.59 Å². The van der Waals surface area contributed by atoms with Crippen LogP contribution in [0.15, 0.2) is 16.1 Å². The molecule has 0 saturated carbocycles. The van der Waals surface area contributed by atoms with Crippen molar-refractivity contribution in [1.29, 1.82) is 0 Å². The van der Waals surface area contributed by atoms with Gasteiger partial charge in [0.1, 0.15) is 10.0 Å². The van der Waals surface area contributed by atoms with Gasteiger partial charge >= 0.3 is 0 Å². The quantitative estimate of drug-likeness (QED) is 0.516. The zero-order valence-electron chi connectivity index (χ0n) is 6.20. The van der Waals surface area contributed by atoms with Gasteiger partial charge in [0.2, 0.25) is 12.2 Å². The highest BCUT2D eigenvalue weighted by Crippen LogP contribution is 2.34. The minimum Gasteiger partial charge on any atom is -0.211 e. The lowest BCUT2D eigenvalue weighted by atomic mass is 10.4. The number of hydrogen-bond donors (Lipinski definition) is 0. The summed E-state index contributed by atoms with van der Waals surface area (Å²) in [6, 6.07) is 1.66. The summed E-state index contributed by atoms with van der Waals surface area (Å²) in [7, 11) is 0. The molecule has 0 unspecified atom stereocenters. The van der Waals surface area contributed by atoms with Crippen molar-refractivity contribution in [2.45, 2.75) is 6.92 Å². The van der Waals surface area contributed by atoms with Crippen molar-refractivity contribution in [1.82, 2.24) is 0 Å². The molecule has 0 aliphatic rings. The Morgan fingerprint density at radius 1 is 1.33 bits per heavy atom. The third-order valence-corrected chi connectivity index (χ3v) is 2.21. The maximum Gasteiger partial charge on any atom is 0.241 e. The van der Waals surface area contributed by atoms with Crippen molar-refractivity contribution in [2.75, 3.05) is 0 Å². The predicted octanol–water partition coefficient (Wildman–Crippen LogP) is 1.99. The second kappa shape index (κ2) is 3.74. The van der Waals surface area contributed by atoms with Gasteiger partial charge in [-0.15, -0.1) is 0 Å². The number of rotatable bonds is 2. The molecule has 0 aliphatic heterocycles. The summed E-state index contributed by atoms with van der Waals surface area (Å²) in [5.41, 5.74) is 0.803. The first-order chi connectivity index (χ1) is 5.77. The van der Waals surface area contributed by atoms with Crippen LogP contribution < -0.4 is 0 Å². The molecule has 0 saturated heterocycles. The summed E-state index contributed by atoms with van der Waals surface area (Å²) in [4.78, 5) is 26.6. The third-order valence-electron chi connectivity index (χ3n) is 1.18. The van der Waals surface area contributed by atoms with Gasteiger partial charge in [-0.05, 0) is 18.6 Å². The standard InChI is InChI=1S/C7H4N2O2S/c1-5-2-6(8-3-10)12-7(5)9-4-11/h2H,1H3. The number of thiophene rings is 1. The summed E-state index contributed by atoms with van der Waals surface area (Å²) in [6.45, 7) is 1.77. The first-order valence-corrected chi connectivity index (χ1v) is 3.85. The molecule has 1 heterocycles. The Morgan fingerprint density at radius 3 is 2.58 bits per heavy atom. The zero-order valence-corrected chi connectivity index (χ0v) is 7.01. The van der Waals surface area contributed by atoms with E-state index in [2.05, 4.69) is 9.98 Å². The average Bonchev–Trinajstić information content (AvgIpc) is 2.34.